The second-order valence-electron chi connectivity index (χ2n) is 14.8. The molecule has 52 heavy (non-hydrogen) atoms. The number of carbonyl (C=O) groups excluding carboxylic acids is 1. The van der Waals surface area contributed by atoms with Gasteiger partial charge in [-0.05, 0) is 138 Å². The summed E-state index contributed by atoms with van der Waals surface area (Å²) in [4.78, 5) is 20.9. The molecule has 8 heteroatoms. The minimum Gasteiger partial charge on any atom is -0.444 e. The summed E-state index contributed by atoms with van der Waals surface area (Å²) in [7, 11) is 0. The number of anilines is 2. The first-order valence-electron chi connectivity index (χ1n) is 19.6. The molecule has 4 rings (SSSR count). The number of carbonyl (C=O) groups is 1. The topological polar surface area (TPSA) is 142 Å². The van der Waals surface area contributed by atoms with Crippen LogP contribution in [0, 0.1) is 0 Å². The van der Waals surface area contributed by atoms with Crippen LogP contribution in [0.2, 0.25) is 0 Å². The van der Waals surface area contributed by atoms with Crippen molar-refractivity contribution in [2.24, 2.45) is 5.73 Å². The van der Waals surface area contributed by atoms with Crippen molar-refractivity contribution in [3.05, 3.63) is 70.8 Å². The highest BCUT2D eigenvalue weighted by Crippen LogP contribution is 2.26. The summed E-state index contributed by atoms with van der Waals surface area (Å²) < 4.78 is 5.25. The van der Waals surface area contributed by atoms with Gasteiger partial charge in [0.25, 0.3) is 0 Å². The van der Waals surface area contributed by atoms with Gasteiger partial charge >= 0.3 is 6.09 Å². The third kappa shape index (κ3) is 15.4. The molecule has 0 radical (unpaired) electrons. The second-order valence-corrected chi connectivity index (χ2v) is 14.8. The molecule has 0 aliphatic heterocycles. The summed E-state index contributed by atoms with van der Waals surface area (Å²) >= 11 is 0. The predicted molar refractivity (Wildman–Crippen MR) is 224 cm³/mol. The molecule has 8 nitrogen and oxygen atoms in total. The fraction of sp³-hybridized carbons (Fsp3) is 0.568. The molecular formula is C44H70N6O2. The highest BCUT2D eigenvalue weighted by molar-refractivity contribution is 5.85. The fourth-order valence-corrected chi connectivity index (χ4v) is 6.35. The number of nitrogen functional groups attached to an aromatic ring is 2. The first-order valence-corrected chi connectivity index (χ1v) is 19.6. The van der Waals surface area contributed by atoms with Crippen molar-refractivity contribution in [1.29, 1.82) is 0 Å². The van der Waals surface area contributed by atoms with Gasteiger partial charge in [-0.15, -0.1) is 0 Å². The molecule has 1 amide bonds. The zero-order chi connectivity index (χ0) is 37.1. The molecule has 0 saturated carbocycles. The standard InChI is InChI=1S/C24H37N3O2.C19H29N3.CH4/c1-5-6-8-13-19-17-20-18(14-11-15-21(20)27-22(19)25)12-9-7-10-16-26-23(28)29-24(2,3)4;1-2-3-5-10-16-14-17-15(9-6-4-7-13-20)11-8-12-18(17)22-19(16)21;/h11,14-15,17H,5-10,12-13,16H2,1-4H3,(H2,25,27)(H,26,28);8,11-12,14H,2-7,9-10,13,20H2,1H3,(H2,21,22);1H4. The first-order chi connectivity index (χ1) is 24.6. The van der Waals surface area contributed by atoms with Gasteiger partial charge in [0.2, 0.25) is 0 Å². The summed E-state index contributed by atoms with van der Waals surface area (Å²) in [5.41, 5.74) is 24.5. The number of unbranched alkanes of at least 4 members (excludes halogenated alkanes) is 8. The Hall–Kier alpha value is -3.91. The number of hydrogen-bond donors (Lipinski definition) is 4. The van der Waals surface area contributed by atoms with E-state index in [4.69, 9.17) is 21.9 Å². The van der Waals surface area contributed by atoms with E-state index in [0.29, 0.717) is 18.2 Å². The van der Waals surface area contributed by atoms with Crippen molar-refractivity contribution in [3.63, 3.8) is 0 Å². The van der Waals surface area contributed by atoms with Gasteiger partial charge in [0.15, 0.2) is 0 Å². The fourth-order valence-electron chi connectivity index (χ4n) is 6.35. The van der Waals surface area contributed by atoms with Crippen LogP contribution >= 0.6 is 0 Å². The van der Waals surface area contributed by atoms with Crippen LogP contribution in [0.15, 0.2) is 48.5 Å². The van der Waals surface area contributed by atoms with Crippen molar-refractivity contribution in [1.82, 2.24) is 15.3 Å². The average Bonchev–Trinajstić information content (AvgIpc) is 3.08. The van der Waals surface area contributed by atoms with Gasteiger partial charge in [0.05, 0.1) is 11.0 Å². The summed E-state index contributed by atoms with van der Waals surface area (Å²) in [6.45, 7) is 11.5. The van der Waals surface area contributed by atoms with Gasteiger partial charge in [-0.1, -0.05) is 84.1 Å². The maximum absolute atomic E-state index is 11.7. The van der Waals surface area contributed by atoms with Gasteiger partial charge in [-0.2, -0.15) is 0 Å². The Labute approximate surface area is 315 Å². The van der Waals surface area contributed by atoms with E-state index < -0.39 is 5.60 Å². The zero-order valence-corrected chi connectivity index (χ0v) is 32.3. The molecule has 2 heterocycles. The van der Waals surface area contributed by atoms with Crippen LogP contribution < -0.4 is 22.5 Å². The molecule has 0 aliphatic carbocycles. The summed E-state index contributed by atoms with van der Waals surface area (Å²) in [6.07, 6.45) is 17.6. The largest absolute Gasteiger partial charge is 0.444 e. The summed E-state index contributed by atoms with van der Waals surface area (Å²) in [6, 6.07) is 17.2. The van der Waals surface area contributed by atoms with E-state index in [1.54, 1.807) is 0 Å². The Morgan fingerprint density at radius 2 is 1.10 bits per heavy atom. The summed E-state index contributed by atoms with van der Waals surface area (Å²) in [5.74, 6) is 1.36. The van der Waals surface area contributed by atoms with Gasteiger partial charge in [-0.25, -0.2) is 14.8 Å². The van der Waals surface area contributed by atoms with Crippen molar-refractivity contribution >= 4 is 39.5 Å². The second kappa shape index (κ2) is 23.6. The molecular weight excluding hydrogens is 645 g/mol. The number of amides is 1. The molecule has 0 unspecified atom stereocenters. The Morgan fingerprint density at radius 3 is 1.54 bits per heavy atom. The lowest BCUT2D eigenvalue weighted by Crippen LogP contribution is -2.32. The zero-order valence-electron chi connectivity index (χ0n) is 32.3. The highest BCUT2D eigenvalue weighted by Gasteiger charge is 2.15. The number of aryl methyl sites for hydroxylation is 4. The van der Waals surface area contributed by atoms with E-state index in [1.807, 2.05) is 26.8 Å². The van der Waals surface area contributed by atoms with Crippen molar-refractivity contribution < 1.29 is 9.53 Å². The minimum absolute atomic E-state index is 0. The molecule has 2 aromatic carbocycles. The normalized spacial score (nSPS) is 11.2. The maximum atomic E-state index is 11.7. The van der Waals surface area contributed by atoms with Crippen molar-refractivity contribution in [3.8, 4) is 0 Å². The number of alkyl carbamates (subject to hydrolysis) is 1. The minimum atomic E-state index is -0.453. The summed E-state index contributed by atoms with van der Waals surface area (Å²) in [5, 5.41) is 5.32. The van der Waals surface area contributed by atoms with Gasteiger partial charge in [-0.3, -0.25) is 0 Å². The number of fused-ring (bicyclic) bond motifs is 2. The average molecular weight is 715 g/mol. The van der Waals surface area contributed by atoms with Gasteiger partial charge in [0, 0.05) is 17.3 Å². The molecule has 4 aromatic rings. The van der Waals surface area contributed by atoms with Crippen LogP contribution in [0.5, 0.6) is 0 Å². The molecule has 0 aliphatic rings. The highest BCUT2D eigenvalue weighted by atomic mass is 16.6. The lowest BCUT2D eigenvalue weighted by molar-refractivity contribution is 0.0527. The van der Waals surface area contributed by atoms with E-state index >= 15 is 0 Å². The molecule has 0 saturated heterocycles. The van der Waals surface area contributed by atoms with Crippen LogP contribution in [0.4, 0.5) is 16.4 Å². The third-order valence-corrected chi connectivity index (χ3v) is 9.16. The number of benzene rings is 2. The monoisotopic (exact) mass is 715 g/mol. The molecule has 288 valence electrons. The molecule has 0 spiro atoms. The van der Waals surface area contributed by atoms with Crippen LogP contribution in [0.3, 0.4) is 0 Å². The first kappa shape index (κ1) is 44.3. The molecule has 7 N–H and O–H groups in total. The number of pyridine rings is 2. The number of nitrogens with zero attached hydrogens (tertiary/aromatic N) is 2. The Morgan fingerprint density at radius 1 is 0.654 bits per heavy atom. The van der Waals surface area contributed by atoms with Crippen LogP contribution in [0.25, 0.3) is 21.8 Å². The van der Waals surface area contributed by atoms with Crippen LogP contribution in [-0.4, -0.2) is 34.8 Å². The Balaban J connectivity index is 0.000000366. The van der Waals surface area contributed by atoms with Gasteiger partial charge < -0.3 is 27.3 Å². The van der Waals surface area contributed by atoms with Crippen LogP contribution in [-0.2, 0) is 30.4 Å². The van der Waals surface area contributed by atoms with E-state index in [0.717, 1.165) is 75.4 Å². The van der Waals surface area contributed by atoms with E-state index in [-0.39, 0.29) is 13.5 Å². The number of ether oxygens (including phenoxy) is 1. The number of nitrogens with two attached hydrogens (primary N) is 3. The third-order valence-electron chi connectivity index (χ3n) is 9.16. The maximum Gasteiger partial charge on any atom is 0.407 e. The van der Waals surface area contributed by atoms with Crippen molar-refractivity contribution in [2.45, 2.75) is 150 Å². The lowest BCUT2D eigenvalue weighted by atomic mass is 9.99. The van der Waals surface area contributed by atoms with Gasteiger partial charge in [0.1, 0.15) is 17.2 Å². The van der Waals surface area contributed by atoms with E-state index in [2.05, 4.69) is 71.6 Å². The number of hydrogen-bond acceptors (Lipinski definition) is 7. The molecule has 2 aromatic heterocycles. The predicted octanol–water partition coefficient (Wildman–Crippen LogP) is 10.6. The molecule has 0 fully saturated rings. The van der Waals surface area contributed by atoms with E-state index in [9.17, 15) is 4.79 Å². The van der Waals surface area contributed by atoms with Crippen LogP contribution in [0.1, 0.15) is 141 Å². The van der Waals surface area contributed by atoms with Crippen molar-refractivity contribution in [2.75, 3.05) is 24.6 Å². The quantitative estimate of drug-likeness (QED) is 0.0708. The lowest BCUT2D eigenvalue weighted by Gasteiger charge is -2.19. The molecule has 0 atom stereocenters. The SMILES string of the molecule is C.CCCCCc1cc2c(CCCCCN)cccc2nc1N.CCCCCc1cc2c(CCCCCNC(=O)OC(C)(C)C)cccc2nc1N. The Bertz CT molecular complexity index is 1630. The number of aromatic nitrogens is 2. The number of rotatable bonds is 19. The Kier molecular flexibility index (Phi) is 20.1. The number of nitrogens with one attached hydrogen (secondary N) is 1. The molecule has 0 bridgehead atoms. The smallest absolute Gasteiger partial charge is 0.407 e. The van der Waals surface area contributed by atoms with E-state index in [1.165, 1.54) is 78.0 Å².